The number of para-hydroxylation sites is 1. The van der Waals surface area contributed by atoms with Gasteiger partial charge in [0.05, 0.1) is 6.61 Å². The Bertz CT molecular complexity index is 404. The van der Waals surface area contributed by atoms with Crippen LogP contribution in [0.3, 0.4) is 0 Å². The smallest absolute Gasteiger partial charge is 0.122 e. The van der Waals surface area contributed by atoms with E-state index in [1.807, 2.05) is 6.07 Å². The molecule has 1 fully saturated rings. The van der Waals surface area contributed by atoms with Crippen LogP contribution < -0.4 is 4.74 Å². The zero-order chi connectivity index (χ0) is 11.8. The van der Waals surface area contributed by atoms with Gasteiger partial charge in [0.15, 0.2) is 0 Å². The Morgan fingerprint density at radius 1 is 1.29 bits per heavy atom. The summed E-state index contributed by atoms with van der Waals surface area (Å²) >= 11 is 6.31. The number of alkyl halides is 1. The lowest BCUT2D eigenvalue weighted by Gasteiger charge is -2.20. The van der Waals surface area contributed by atoms with E-state index in [1.165, 1.54) is 24.8 Å². The fourth-order valence-corrected chi connectivity index (χ4v) is 3.65. The van der Waals surface area contributed by atoms with Crippen molar-refractivity contribution < 1.29 is 4.74 Å². The Balaban J connectivity index is 1.72. The molecule has 0 saturated heterocycles. The van der Waals surface area contributed by atoms with Gasteiger partial charge < -0.3 is 4.74 Å². The second-order valence-corrected chi connectivity index (χ2v) is 6.05. The van der Waals surface area contributed by atoms with Crippen LogP contribution in [0, 0.1) is 11.8 Å². The normalized spacial score (nSPS) is 35.6. The molecule has 0 radical (unpaired) electrons. The average Bonchev–Trinajstić information content (AvgIpc) is 2.89. The predicted molar refractivity (Wildman–Crippen MR) is 70.8 cm³/mol. The lowest BCUT2D eigenvalue weighted by molar-refractivity contribution is 0.289. The van der Waals surface area contributed by atoms with Crippen molar-refractivity contribution in [2.75, 3.05) is 6.61 Å². The third-order valence-electron chi connectivity index (χ3n) is 4.51. The first-order valence-electron chi connectivity index (χ1n) is 6.61. The summed E-state index contributed by atoms with van der Waals surface area (Å²) < 4.78 is 5.75. The molecule has 1 heterocycles. The third-order valence-corrected chi connectivity index (χ3v) is 5.13. The summed E-state index contributed by atoms with van der Waals surface area (Å²) in [7, 11) is 0. The molecular weight excluding hydrogens is 232 g/mol. The average molecular weight is 251 g/mol. The number of hydrogen-bond acceptors (Lipinski definition) is 1. The number of hydrogen-bond donors (Lipinski definition) is 0. The molecule has 0 bridgehead atoms. The Labute approximate surface area is 108 Å². The Hall–Kier alpha value is -0.690. The van der Waals surface area contributed by atoms with Crippen LogP contribution in [0.4, 0.5) is 0 Å². The van der Waals surface area contributed by atoms with Crippen LogP contribution in [0.1, 0.15) is 37.7 Å². The molecule has 3 rings (SSSR count). The van der Waals surface area contributed by atoms with Crippen LogP contribution in [0.2, 0.25) is 0 Å². The summed E-state index contributed by atoms with van der Waals surface area (Å²) in [5.41, 5.74) is 1.40. The lowest BCUT2D eigenvalue weighted by Crippen LogP contribution is -2.15. The van der Waals surface area contributed by atoms with Crippen LogP contribution in [-0.4, -0.2) is 12.0 Å². The minimum Gasteiger partial charge on any atom is -0.493 e. The highest BCUT2D eigenvalue weighted by atomic mass is 35.5. The van der Waals surface area contributed by atoms with Gasteiger partial charge in [-0.2, -0.15) is 0 Å². The number of rotatable bonds is 2. The van der Waals surface area contributed by atoms with E-state index in [0.29, 0.717) is 17.2 Å². The van der Waals surface area contributed by atoms with E-state index in [-0.39, 0.29) is 0 Å². The van der Waals surface area contributed by atoms with Crippen molar-refractivity contribution in [1.82, 2.24) is 0 Å². The van der Waals surface area contributed by atoms with E-state index in [9.17, 15) is 0 Å². The van der Waals surface area contributed by atoms with Gasteiger partial charge in [0, 0.05) is 16.9 Å². The topological polar surface area (TPSA) is 9.23 Å². The number of benzene rings is 1. The van der Waals surface area contributed by atoms with Gasteiger partial charge in [-0.05, 0) is 37.2 Å². The fraction of sp³-hybridized carbons (Fsp3) is 0.600. The first kappa shape index (κ1) is 11.4. The van der Waals surface area contributed by atoms with Crippen molar-refractivity contribution in [3.8, 4) is 5.75 Å². The SMILES string of the molecule is CC1C(Cl)CCC1CC1COc2ccccc21. The second-order valence-electron chi connectivity index (χ2n) is 5.49. The van der Waals surface area contributed by atoms with Gasteiger partial charge in [-0.25, -0.2) is 0 Å². The zero-order valence-corrected chi connectivity index (χ0v) is 11.0. The Morgan fingerprint density at radius 3 is 2.88 bits per heavy atom. The van der Waals surface area contributed by atoms with Crippen molar-refractivity contribution >= 4 is 11.6 Å². The summed E-state index contributed by atoms with van der Waals surface area (Å²) in [4.78, 5) is 0. The predicted octanol–water partition coefficient (Wildman–Crippen LogP) is 4.21. The molecule has 4 unspecified atom stereocenters. The van der Waals surface area contributed by atoms with Crippen LogP contribution in [0.25, 0.3) is 0 Å². The summed E-state index contributed by atoms with van der Waals surface area (Å²) in [5, 5.41) is 0.387. The first-order chi connectivity index (χ1) is 8.25. The fourth-order valence-electron chi connectivity index (χ4n) is 3.32. The summed E-state index contributed by atoms with van der Waals surface area (Å²) in [5.74, 6) is 3.10. The van der Waals surface area contributed by atoms with Crippen LogP contribution >= 0.6 is 11.6 Å². The molecule has 1 saturated carbocycles. The highest BCUT2D eigenvalue weighted by Gasteiger charge is 2.35. The molecule has 0 N–H and O–H groups in total. The van der Waals surface area contributed by atoms with E-state index >= 15 is 0 Å². The standard InChI is InChI=1S/C15H19ClO/c1-10-11(6-7-14(10)16)8-12-9-17-15-5-3-2-4-13(12)15/h2-5,10-12,14H,6-9H2,1H3. The summed E-state index contributed by atoms with van der Waals surface area (Å²) in [6.07, 6.45) is 3.71. The van der Waals surface area contributed by atoms with E-state index in [0.717, 1.165) is 18.3 Å². The number of halogens is 1. The molecular formula is C15H19ClO. The molecule has 1 aliphatic carbocycles. The highest BCUT2D eigenvalue weighted by Crippen LogP contribution is 2.44. The van der Waals surface area contributed by atoms with Gasteiger partial charge in [0.1, 0.15) is 5.75 Å². The minimum absolute atomic E-state index is 0.387. The second kappa shape index (κ2) is 4.53. The molecule has 1 nitrogen and oxygen atoms in total. The zero-order valence-electron chi connectivity index (χ0n) is 10.2. The van der Waals surface area contributed by atoms with Crippen molar-refractivity contribution in [3.05, 3.63) is 29.8 Å². The molecule has 17 heavy (non-hydrogen) atoms. The van der Waals surface area contributed by atoms with Crippen LogP contribution in [-0.2, 0) is 0 Å². The molecule has 1 aromatic carbocycles. The lowest BCUT2D eigenvalue weighted by atomic mass is 9.85. The van der Waals surface area contributed by atoms with Gasteiger partial charge in [0.2, 0.25) is 0 Å². The molecule has 2 aliphatic rings. The van der Waals surface area contributed by atoms with Crippen molar-refractivity contribution in [1.29, 1.82) is 0 Å². The minimum atomic E-state index is 0.387. The van der Waals surface area contributed by atoms with Gasteiger partial charge >= 0.3 is 0 Å². The quantitative estimate of drug-likeness (QED) is 0.715. The van der Waals surface area contributed by atoms with E-state index < -0.39 is 0 Å². The maximum absolute atomic E-state index is 6.31. The number of fused-ring (bicyclic) bond motifs is 1. The monoisotopic (exact) mass is 250 g/mol. The van der Waals surface area contributed by atoms with Crippen molar-refractivity contribution in [2.45, 2.75) is 37.5 Å². The molecule has 1 aromatic rings. The highest BCUT2D eigenvalue weighted by molar-refractivity contribution is 6.20. The molecule has 0 spiro atoms. The van der Waals surface area contributed by atoms with Crippen molar-refractivity contribution in [3.63, 3.8) is 0 Å². The molecule has 2 heteroatoms. The maximum atomic E-state index is 6.31. The van der Waals surface area contributed by atoms with Crippen LogP contribution in [0.15, 0.2) is 24.3 Å². The molecule has 4 atom stereocenters. The van der Waals surface area contributed by atoms with E-state index in [2.05, 4.69) is 25.1 Å². The van der Waals surface area contributed by atoms with Gasteiger partial charge in [-0.3, -0.25) is 0 Å². The molecule has 0 aromatic heterocycles. The summed E-state index contributed by atoms with van der Waals surface area (Å²) in [6.45, 7) is 3.16. The maximum Gasteiger partial charge on any atom is 0.122 e. The van der Waals surface area contributed by atoms with Gasteiger partial charge in [-0.1, -0.05) is 25.1 Å². The van der Waals surface area contributed by atoms with Crippen molar-refractivity contribution in [2.24, 2.45) is 11.8 Å². The van der Waals surface area contributed by atoms with Gasteiger partial charge in [0.25, 0.3) is 0 Å². The van der Waals surface area contributed by atoms with E-state index in [4.69, 9.17) is 16.3 Å². The first-order valence-corrected chi connectivity index (χ1v) is 7.05. The Morgan fingerprint density at radius 2 is 2.12 bits per heavy atom. The van der Waals surface area contributed by atoms with Crippen LogP contribution in [0.5, 0.6) is 5.75 Å². The molecule has 92 valence electrons. The largest absolute Gasteiger partial charge is 0.493 e. The number of ether oxygens (including phenoxy) is 1. The Kier molecular flexibility index (Phi) is 3.04. The molecule has 0 amide bonds. The molecule has 1 aliphatic heterocycles. The third kappa shape index (κ3) is 2.06. The van der Waals surface area contributed by atoms with Gasteiger partial charge in [-0.15, -0.1) is 11.6 Å². The van der Waals surface area contributed by atoms with E-state index in [1.54, 1.807) is 0 Å². The summed E-state index contributed by atoms with van der Waals surface area (Å²) in [6, 6.07) is 8.46.